The first kappa shape index (κ1) is 17.9. The van der Waals surface area contributed by atoms with Gasteiger partial charge in [-0.25, -0.2) is 0 Å². The second-order valence-electron chi connectivity index (χ2n) is 9.97. The summed E-state index contributed by atoms with van der Waals surface area (Å²) in [7, 11) is 0. The van der Waals surface area contributed by atoms with Crippen molar-refractivity contribution in [3.63, 3.8) is 0 Å². The fourth-order valence-corrected chi connectivity index (χ4v) is 7.98. The van der Waals surface area contributed by atoms with Gasteiger partial charge in [0.15, 0.2) is 5.79 Å². The second-order valence-corrected chi connectivity index (χ2v) is 9.97. The highest BCUT2D eigenvalue weighted by Gasteiger charge is 2.67. The van der Waals surface area contributed by atoms with Gasteiger partial charge in [-0.05, 0) is 86.4 Å². The zero-order chi connectivity index (χ0) is 18.0. The van der Waals surface area contributed by atoms with Gasteiger partial charge in [0.2, 0.25) is 0 Å². The van der Waals surface area contributed by atoms with Gasteiger partial charge in [0.1, 0.15) is 12.4 Å². The third-order valence-electron chi connectivity index (χ3n) is 9.53. The highest BCUT2D eigenvalue weighted by atomic mass is 16.5. The summed E-state index contributed by atoms with van der Waals surface area (Å²) in [5.41, 5.74) is -0.385. The highest BCUT2D eigenvalue weighted by molar-refractivity contribution is 5.50. The maximum atomic E-state index is 11.1. The molecule has 0 aromatic rings. The maximum absolute atomic E-state index is 11.1. The van der Waals surface area contributed by atoms with Gasteiger partial charge in [0.25, 0.3) is 0 Å². The first-order valence-electron chi connectivity index (χ1n) is 10.3. The summed E-state index contributed by atoms with van der Waals surface area (Å²) in [5, 5.41) is 32.2. The highest BCUT2D eigenvalue weighted by Crippen LogP contribution is 2.69. The predicted molar refractivity (Wildman–Crippen MR) is 94.5 cm³/mol. The van der Waals surface area contributed by atoms with Crippen LogP contribution in [0.15, 0.2) is 0 Å². The Morgan fingerprint density at radius 3 is 2.40 bits per heavy atom. The van der Waals surface area contributed by atoms with Crippen LogP contribution in [0.3, 0.4) is 0 Å². The average molecular weight is 350 g/mol. The molecule has 142 valence electrons. The van der Waals surface area contributed by atoms with Crippen LogP contribution < -0.4 is 0 Å². The zero-order valence-electron chi connectivity index (χ0n) is 15.7. The SMILES string of the molecule is C[C@]12CC[C@H]3[C@@H](CC[C@@H]4CCC(O)C(O)(O)[C@@]43C)[C@H]1CC[C@@H]2CC=O. The molecular weight excluding hydrogens is 316 g/mol. The molecule has 4 rings (SSSR count). The van der Waals surface area contributed by atoms with Crippen LogP contribution in [-0.4, -0.2) is 33.5 Å². The molecule has 0 amide bonds. The van der Waals surface area contributed by atoms with E-state index in [-0.39, 0.29) is 11.3 Å². The van der Waals surface area contributed by atoms with Crippen LogP contribution in [-0.2, 0) is 4.79 Å². The number of aliphatic hydroxyl groups is 3. The van der Waals surface area contributed by atoms with E-state index in [1.165, 1.54) is 12.8 Å². The van der Waals surface area contributed by atoms with Crippen LogP contribution in [0.4, 0.5) is 0 Å². The van der Waals surface area contributed by atoms with Crippen molar-refractivity contribution in [3.05, 3.63) is 0 Å². The Kier molecular flexibility index (Phi) is 4.14. The summed E-state index contributed by atoms with van der Waals surface area (Å²) in [6, 6.07) is 0. The summed E-state index contributed by atoms with van der Waals surface area (Å²) in [6.07, 6.45) is 8.71. The van der Waals surface area contributed by atoms with Crippen molar-refractivity contribution in [1.29, 1.82) is 0 Å². The lowest BCUT2D eigenvalue weighted by molar-refractivity contribution is -0.349. The fourth-order valence-electron chi connectivity index (χ4n) is 7.98. The fraction of sp³-hybridized carbons (Fsp3) is 0.952. The van der Waals surface area contributed by atoms with E-state index in [0.29, 0.717) is 36.5 Å². The van der Waals surface area contributed by atoms with Crippen molar-refractivity contribution < 1.29 is 20.1 Å². The van der Waals surface area contributed by atoms with Crippen molar-refractivity contribution in [2.45, 2.75) is 83.5 Å². The molecular formula is C21H34O4. The molecule has 3 N–H and O–H groups in total. The summed E-state index contributed by atoms with van der Waals surface area (Å²) < 4.78 is 0. The topological polar surface area (TPSA) is 77.8 Å². The number of fused-ring (bicyclic) bond motifs is 5. The Balaban J connectivity index is 1.67. The summed E-state index contributed by atoms with van der Waals surface area (Å²) in [6.45, 7) is 4.42. The minimum Gasteiger partial charge on any atom is -0.387 e. The van der Waals surface area contributed by atoms with E-state index in [4.69, 9.17) is 0 Å². The molecule has 0 heterocycles. The van der Waals surface area contributed by atoms with Crippen molar-refractivity contribution in [3.8, 4) is 0 Å². The average Bonchev–Trinajstić information content (AvgIpc) is 2.90. The van der Waals surface area contributed by atoms with Crippen LogP contribution >= 0.6 is 0 Å². The van der Waals surface area contributed by atoms with Gasteiger partial charge in [-0.3, -0.25) is 0 Å². The number of hydrogen-bond donors (Lipinski definition) is 3. The van der Waals surface area contributed by atoms with E-state index in [1.54, 1.807) is 0 Å². The van der Waals surface area contributed by atoms with Gasteiger partial charge < -0.3 is 20.1 Å². The lowest BCUT2D eigenvalue weighted by Gasteiger charge is -2.64. The normalized spacial score (nSPS) is 54.3. The Labute approximate surface area is 151 Å². The third kappa shape index (κ3) is 2.20. The molecule has 0 aromatic carbocycles. The van der Waals surface area contributed by atoms with Crippen LogP contribution in [0.2, 0.25) is 0 Å². The number of aliphatic hydroxyl groups excluding tert-OH is 1. The van der Waals surface area contributed by atoms with E-state index >= 15 is 0 Å². The van der Waals surface area contributed by atoms with Crippen molar-refractivity contribution in [2.24, 2.45) is 40.4 Å². The Morgan fingerprint density at radius 2 is 1.68 bits per heavy atom. The Bertz CT molecular complexity index is 546. The van der Waals surface area contributed by atoms with Gasteiger partial charge in [-0.2, -0.15) is 0 Å². The molecule has 1 unspecified atom stereocenters. The quantitative estimate of drug-likeness (QED) is 0.529. The number of rotatable bonds is 2. The van der Waals surface area contributed by atoms with Gasteiger partial charge in [0.05, 0.1) is 0 Å². The first-order valence-corrected chi connectivity index (χ1v) is 10.3. The van der Waals surface area contributed by atoms with Crippen LogP contribution in [0, 0.1) is 40.4 Å². The van der Waals surface area contributed by atoms with E-state index in [0.717, 1.165) is 38.4 Å². The zero-order valence-corrected chi connectivity index (χ0v) is 15.7. The molecule has 0 bridgehead atoms. The van der Waals surface area contributed by atoms with Crippen molar-refractivity contribution >= 4 is 6.29 Å². The molecule has 4 fully saturated rings. The minimum absolute atomic E-state index is 0.228. The van der Waals surface area contributed by atoms with Crippen molar-refractivity contribution in [2.75, 3.05) is 0 Å². The molecule has 4 aliphatic carbocycles. The van der Waals surface area contributed by atoms with Crippen molar-refractivity contribution in [1.82, 2.24) is 0 Å². The lowest BCUT2D eigenvalue weighted by Crippen LogP contribution is -2.68. The molecule has 0 saturated heterocycles. The standard InChI is InChI=1S/C21H34O4/c1-19-11-9-17-15(16(19)7-4-13(19)10-12-22)6-3-14-5-8-18(23)21(24,25)20(14,17)2/h12-18,23-25H,3-11H2,1-2H3/t13-,14-,15+,16-,17+,18?,19-,20+/m1/s1. The number of hydrogen-bond acceptors (Lipinski definition) is 4. The summed E-state index contributed by atoms with van der Waals surface area (Å²) >= 11 is 0. The minimum atomic E-state index is -1.98. The Morgan fingerprint density at radius 1 is 0.960 bits per heavy atom. The molecule has 0 spiro atoms. The lowest BCUT2D eigenvalue weighted by atomic mass is 9.43. The molecule has 4 saturated carbocycles. The smallest absolute Gasteiger partial charge is 0.195 e. The molecule has 25 heavy (non-hydrogen) atoms. The molecule has 0 aromatic heterocycles. The predicted octanol–water partition coefficient (Wildman–Crippen LogP) is 2.89. The second kappa shape index (κ2) is 5.77. The van der Waals surface area contributed by atoms with Gasteiger partial charge in [-0.15, -0.1) is 0 Å². The van der Waals surface area contributed by atoms with Gasteiger partial charge in [0, 0.05) is 11.8 Å². The maximum Gasteiger partial charge on any atom is 0.195 e. The van der Waals surface area contributed by atoms with E-state index in [2.05, 4.69) is 6.92 Å². The first-order chi connectivity index (χ1) is 11.8. The van der Waals surface area contributed by atoms with Crippen LogP contribution in [0.5, 0.6) is 0 Å². The van der Waals surface area contributed by atoms with E-state index in [9.17, 15) is 20.1 Å². The summed E-state index contributed by atoms with van der Waals surface area (Å²) in [5.74, 6) is 0.164. The Hall–Kier alpha value is -0.450. The summed E-state index contributed by atoms with van der Waals surface area (Å²) in [4.78, 5) is 11.1. The van der Waals surface area contributed by atoms with E-state index in [1.807, 2.05) is 6.92 Å². The number of carbonyl (C=O) groups is 1. The largest absolute Gasteiger partial charge is 0.387 e. The molecule has 8 atom stereocenters. The molecule has 4 aliphatic rings. The van der Waals surface area contributed by atoms with Crippen LogP contribution in [0.25, 0.3) is 0 Å². The van der Waals surface area contributed by atoms with Crippen LogP contribution in [0.1, 0.15) is 71.6 Å². The monoisotopic (exact) mass is 350 g/mol. The number of aldehydes is 1. The number of carbonyl (C=O) groups excluding carboxylic acids is 1. The molecule has 4 nitrogen and oxygen atoms in total. The molecule has 0 aliphatic heterocycles. The van der Waals surface area contributed by atoms with Gasteiger partial charge >= 0.3 is 0 Å². The molecule has 0 radical (unpaired) electrons. The van der Waals surface area contributed by atoms with Gasteiger partial charge in [-0.1, -0.05) is 13.8 Å². The van der Waals surface area contributed by atoms with E-state index < -0.39 is 17.3 Å². The third-order valence-corrected chi connectivity index (χ3v) is 9.53. The molecule has 4 heteroatoms.